The summed E-state index contributed by atoms with van der Waals surface area (Å²) >= 11 is 9.54. The van der Waals surface area contributed by atoms with Crippen molar-refractivity contribution in [2.24, 2.45) is 0 Å². The third-order valence-corrected chi connectivity index (χ3v) is 0.518. The number of hydrogen-bond donors (Lipinski definition) is 1. The van der Waals surface area contributed by atoms with Gasteiger partial charge in [0, 0.05) is 0 Å². The second kappa shape index (κ2) is 2.36. The first-order chi connectivity index (χ1) is 2.27. The molecule has 0 heterocycles. The molecule has 0 aliphatic rings. The SMILES string of the molecule is O/C(Cl)=C\Cl. The van der Waals surface area contributed by atoms with E-state index in [0.29, 0.717) is 0 Å². The number of hydrogen-bond acceptors (Lipinski definition) is 1. The molecular formula is C2H2Cl2O. The first kappa shape index (κ1) is 5.12. The van der Waals surface area contributed by atoms with Crippen LogP contribution in [-0.2, 0) is 0 Å². The van der Waals surface area contributed by atoms with Gasteiger partial charge in [-0.1, -0.05) is 11.6 Å². The highest BCUT2D eigenvalue weighted by Gasteiger charge is 1.70. The van der Waals surface area contributed by atoms with Crippen LogP contribution in [0.25, 0.3) is 0 Å². The zero-order valence-electron chi connectivity index (χ0n) is 2.28. The van der Waals surface area contributed by atoms with Crippen LogP contribution in [-0.4, -0.2) is 5.11 Å². The molecule has 1 nitrogen and oxygen atoms in total. The summed E-state index contributed by atoms with van der Waals surface area (Å²) in [4.78, 5) is 0. The summed E-state index contributed by atoms with van der Waals surface area (Å²) < 4.78 is 0. The molecule has 0 aromatic carbocycles. The predicted molar refractivity (Wildman–Crippen MR) is 22.4 cm³/mol. The lowest BCUT2D eigenvalue weighted by atomic mass is 11.2. The van der Waals surface area contributed by atoms with E-state index in [9.17, 15) is 0 Å². The minimum Gasteiger partial charge on any atom is -0.498 e. The fourth-order valence-corrected chi connectivity index (χ4v) is 0. The van der Waals surface area contributed by atoms with Crippen molar-refractivity contribution in [3.8, 4) is 0 Å². The highest BCUT2D eigenvalue weighted by atomic mass is 35.5. The van der Waals surface area contributed by atoms with Gasteiger partial charge in [0.15, 0.2) is 5.22 Å². The molecular weight excluding hydrogens is 111 g/mol. The van der Waals surface area contributed by atoms with E-state index < -0.39 is 0 Å². The van der Waals surface area contributed by atoms with Crippen molar-refractivity contribution in [1.29, 1.82) is 0 Å². The van der Waals surface area contributed by atoms with Crippen molar-refractivity contribution in [2.75, 3.05) is 0 Å². The summed E-state index contributed by atoms with van der Waals surface area (Å²) in [5, 5.41) is 7.47. The Labute approximate surface area is 39.8 Å². The van der Waals surface area contributed by atoms with Gasteiger partial charge in [0.05, 0.1) is 5.54 Å². The van der Waals surface area contributed by atoms with E-state index in [1.807, 2.05) is 0 Å². The maximum absolute atomic E-state index is 7.86. The summed E-state index contributed by atoms with van der Waals surface area (Å²) in [7, 11) is 0. The number of aliphatic hydroxyl groups is 1. The van der Waals surface area contributed by atoms with E-state index in [-0.39, 0.29) is 5.22 Å². The molecule has 0 atom stereocenters. The van der Waals surface area contributed by atoms with E-state index in [1.54, 1.807) is 0 Å². The van der Waals surface area contributed by atoms with Crippen LogP contribution in [0, 0.1) is 0 Å². The monoisotopic (exact) mass is 112 g/mol. The van der Waals surface area contributed by atoms with Crippen molar-refractivity contribution in [3.63, 3.8) is 0 Å². The third kappa shape index (κ3) is 4.12. The predicted octanol–water partition coefficient (Wildman–Crippen LogP) is 1.82. The van der Waals surface area contributed by atoms with Gasteiger partial charge in [-0.15, -0.1) is 0 Å². The maximum atomic E-state index is 7.86. The van der Waals surface area contributed by atoms with Gasteiger partial charge in [-0.2, -0.15) is 0 Å². The average Bonchev–Trinajstić information content (AvgIpc) is 1.38. The van der Waals surface area contributed by atoms with E-state index in [1.165, 1.54) is 0 Å². The first-order valence-electron chi connectivity index (χ1n) is 0.919. The molecule has 1 N–H and O–H groups in total. The van der Waals surface area contributed by atoms with Crippen LogP contribution in [0.4, 0.5) is 0 Å². The zero-order valence-corrected chi connectivity index (χ0v) is 3.79. The quantitative estimate of drug-likeness (QED) is 0.475. The minimum absolute atomic E-state index is 0.383. The molecule has 0 aliphatic carbocycles. The summed E-state index contributed by atoms with van der Waals surface area (Å²) in [5.74, 6) is 0. The van der Waals surface area contributed by atoms with Gasteiger partial charge < -0.3 is 5.11 Å². The molecule has 0 saturated carbocycles. The van der Waals surface area contributed by atoms with Crippen LogP contribution in [0.3, 0.4) is 0 Å². The summed E-state index contributed by atoms with van der Waals surface area (Å²) in [6, 6.07) is 0. The van der Waals surface area contributed by atoms with Crippen LogP contribution < -0.4 is 0 Å². The average molecular weight is 113 g/mol. The molecule has 0 unspecified atom stereocenters. The highest BCUT2D eigenvalue weighted by Crippen LogP contribution is 1.93. The second-order valence-electron chi connectivity index (χ2n) is 0.432. The second-order valence-corrected chi connectivity index (χ2v) is 1.04. The van der Waals surface area contributed by atoms with Gasteiger partial charge in [0.1, 0.15) is 0 Å². The normalized spacial score (nSPS) is 12.0. The molecule has 3 heteroatoms. The molecule has 0 radical (unpaired) electrons. The molecule has 0 fully saturated rings. The molecule has 0 aliphatic heterocycles. The Hall–Kier alpha value is 0.120. The summed E-state index contributed by atoms with van der Waals surface area (Å²) in [6.45, 7) is 0. The van der Waals surface area contributed by atoms with E-state index in [2.05, 4.69) is 0 Å². The summed E-state index contributed by atoms with van der Waals surface area (Å²) in [6.07, 6.45) is 0. The van der Waals surface area contributed by atoms with Gasteiger partial charge in [0.25, 0.3) is 0 Å². The van der Waals surface area contributed by atoms with Crippen LogP contribution >= 0.6 is 23.2 Å². The maximum Gasteiger partial charge on any atom is 0.195 e. The lowest BCUT2D eigenvalue weighted by Gasteiger charge is -1.69. The third-order valence-electron chi connectivity index (χ3n) is 0.0900. The van der Waals surface area contributed by atoms with Crippen molar-refractivity contribution >= 4 is 23.2 Å². The van der Waals surface area contributed by atoms with Crippen molar-refractivity contribution in [1.82, 2.24) is 0 Å². The number of aliphatic hydroxyl groups excluding tert-OH is 1. The zero-order chi connectivity index (χ0) is 4.28. The smallest absolute Gasteiger partial charge is 0.195 e. The fraction of sp³-hybridized carbons (Fsp3) is 0. The molecule has 30 valence electrons. The van der Waals surface area contributed by atoms with Crippen molar-refractivity contribution in [2.45, 2.75) is 0 Å². The Morgan fingerprint density at radius 1 is 1.80 bits per heavy atom. The minimum atomic E-state index is -0.383. The fourth-order valence-electron chi connectivity index (χ4n) is 0. The van der Waals surface area contributed by atoms with Gasteiger partial charge in [0.2, 0.25) is 0 Å². The molecule has 0 spiro atoms. The standard InChI is InChI=1S/C2H2Cl2O/c3-1-2(4)5/h1,5H/b2-1-. The van der Waals surface area contributed by atoms with Gasteiger partial charge in [-0.3, -0.25) is 0 Å². The van der Waals surface area contributed by atoms with Crippen LogP contribution in [0.15, 0.2) is 10.8 Å². The first-order valence-corrected chi connectivity index (χ1v) is 1.73. The Morgan fingerprint density at radius 3 is 2.00 bits per heavy atom. The molecule has 0 aromatic rings. The lowest BCUT2D eigenvalue weighted by Crippen LogP contribution is -1.52. The molecule has 5 heavy (non-hydrogen) atoms. The van der Waals surface area contributed by atoms with Crippen LogP contribution in [0.5, 0.6) is 0 Å². The number of halogens is 2. The van der Waals surface area contributed by atoms with Gasteiger partial charge in [-0.25, -0.2) is 0 Å². The Kier molecular flexibility index (Phi) is 2.42. The molecule has 0 amide bonds. The van der Waals surface area contributed by atoms with Crippen molar-refractivity contribution in [3.05, 3.63) is 10.8 Å². The largest absolute Gasteiger partial charge is 0.498 e. The Morgan fingerprint density at radius 2 is 2.00 bits per heavy atom. The van der Waals surface area contributed by atoms with Gasteiger partial charge in [-0.05, 0) is 11.6 Å². The lowest BCUT2D eigenvalue weighted by molar-refractivity contribution is 0.454. The van der Waals surface area contributed by atoms with Crippen LogP contribution in [0.2, 0.25) is 0 Å². The number of rotatable bonds is 0. The van der Waals surface area contributed by atoms with E-state index in [4.69, 9.17) is 28.3 Å². The highest BCUT2D eigenvalue weighted by molar-refractivity contribution is 6.35. The van der Waals surface area contributed by atoms with E-state index in [0.717, 1.165) is 5.54 Å². The molecule has 0 saturated heterocycles. The summed E-state index contributed by atoms with van der Waals surface area (Å²) in [5.41, 5.74) is 0.877. The topological polar surface area (TPSA) is 20.2 Å². The molecule has 0 rings (SSSR count). The van der Waals surface area contributed by atoms with Gasteiger partial charge >= 0.3 is 0 Å². The van der Waals surface area contributed by atoms with Crippen LogP contribution in [0.1, 0.15) is 0 Å². The molecule has 0 bridgehead atoms. The van der Waals surface area contributed by atoms with E-state index >= 15 is 0 Å². The Balaban J connectivity index is 3.14. The Bertz CT molecular complexity index is 45.6. The molecule has 0 aromatic heterocycles. The van der Waals surface area contributed by atoms with Crippen molar-refractivity contribution < 1.29 is 5.11 Å².